The summed E-state index contributed by atoms with van der Waals surface area (Å²) in [5, 5.41) is 7.04. The predicted molar refractivity (Wildman–Crippen MR) is 90.2 cm³/mol. The molecule has 1 heterocycles. The molecule has 1 aromatic heterocycles. The molecule has 0 spiro atoms. The van der Waals surface area contributed by atoms with E-state index in [-0.39, 0.29) is 5.91 Å². The summed E-state index contributed by atoms with van der Waals surface area (Å²) >= 11 is 0. The van der Waals surface area contributed by atoms with Crippen LogP contribution in [0.1, 0.15) is 25.8 Å². The van der Waals surface area contributed by atoms with Gasteiger partial charge in [0.05, 0.1) is 6.20 Å². The van der Waals surface area contributed by atoms with Crippen LogP contribution < -0.4 is 10.2 Å². The average molecular weight is 300 g/mol. The van der Waals surface area contributed by atoms with E-state index in [1.807, 2.05) is 37.5 Å². The highest BCUT2D eigenvalue weighted by Crippen LogP contribution is 2.18. The van der Waals surface area contributed by atoms with Gasteiger partial charge in [0.2, 0.25) is 5.91 Å². The molecule has 2 aromatic rings. The normalized spacial score (nSPS) is 10.5. The summed E-state index contributed by atoms with van der Waals surface area (Å²) in [4.78, 5) is 14.2. The van der Waals surface area contributed by atoms with Gasteiger partial charge in [-0.15, -0.1) is 0 Å². The van der Waals surface area contributed by atoms with Crippen LogP contribution >= 0.6 is 0 Å². The zero-order valence-electron chi connectivity index (χ0n) is 13.5. The van der Waals surface area contributed by atoms with E-state index >= 15 is 0 Å². The summed E-state index contributed by atoms with van der Waals surface area (Å²) in [6.45, 7) is 6.23. The average Bonchev–Trinajstić information content (AvgIpc) is 2.94. The van der Waals surface area contributed by atoms with E-state index in [1.165, 1.54) is 5.69 Å². The van der Waals surface area contributed by atoms with Crippen molar-refractivity contribution in [2.45, 2.75) is 26.7 Å². The van der Waals surface area contributed by atoms with Gasteiger partial charge in [0.25, 0.3) is 0 Å². The van der Waals surface area contributed by atoms with Gasteiger partial charge in [-0.1, -0.05) is 0 Å². The molecule has 0 aliphatic heterocycles. The summed E-state index contributed by atoms with van der Waals surface area (Å²) < 4.78 is 1.75. The number of hydrogen-bond acceptors (Lipinski definition) is 3. The molecule has 5 nitrogen and oxygen atoms in total. The molecule has 1 amide bonds. The van der Waals surface area contributed by atoms with Gasteiger partial charge in [-0.3, -0.25) is 9.48 Å². The number of hydrogen-bond donors (Lipinski definition) is 1. The third-order valence-corrected chi connectivity index (χ3v) is 3.68. The summed E-state index contributed by atoms with van der Waals surface area (Å²) in [5.74, 6) is 0.0273. The van der Waals surface area contributed by atoms with Crippen LogP contribution in [0, 0.1) is 0 Å². The standard InChI is InChI=1S/C17H24N4O/c1-4-21(5-2)16-9-7-15(8-10-16)19-17(22)11-6-14-12-18-20(3)13-14/h7-10,12-13H,4-6,11H2,1-3H3,(H,19,22). The number of aromatic nitrogens is 2. The topological polar surface area (TPSA) is 50.2 Å². The highest BCUT2D eigenvalue weighted by molar-refractivity contribution is 5.91. The van der Waals surface area contributed by atoms with E-state index in [4.69, 9.17) is 0 Å². The second-order valence-electron chi connectivity index (χ2n) is 5.29. The molecule has 118 valence electrons. The number of carbonyl (C=O) groups excluding carboxylic acids is 1. The Labute approximate surface area is 131 Å². The SMILES string of the molecule is CCN(CC)c1ccc(NC(=O)CCc2cnn(C)c2)cc1. The van der Waals surface area contributed by atoms with Gasteiger partial charge in [-0.05, 0) is 50.1 Å². The Balaban J connectivity index is 1.86. The largest absolute Gasteiger partial charge is 0.372 e. The Morgan fingerprint density at radius 1 is 1.23 bits per heavy atom. The van der Waals surface area contributed by atoms with Crippen molar-refractivity contribution in [1.82, 2.24) is 9.78 Å². The van der Waals surface area contributed by atoms with Crippen LogP contribution in [0.4, 0.5) is 11.4 Å². The molecule has 1 N–H and O–H groups in total. The Hall–Kier alpha value is -2.30. The molecular weight excluding hydrogens is 276 g/mol. The van der Waals surface area contributed by atoms with Crippen LogP contribution in [0.25, 0.3) is 0 Å². The molecule has 0 atom stereocenters. The van der Waals surface area contributed by atoms with Gasteiger partial charge in [-0.25, -0.2) is 0 Å². The molecule has 2 rings (SSSR count). The number of benzene rings is 1. The van der Waals surface area contributed by atoms with E-state index in [0.29, 0.717) is 12.8 Å². The molecule has 1 aromatic carbocycles. The Kier molecular flexibility index (Phi) is 5.58. The lowest BCUT2D eigenvalue weighted by Gasteiger charge is -2.21. The van der Waals surface area contributed by atoms with E-state index in [9.17, 15) is 4.79 Å². The van der Waals surface area contributed by atoms with Gasteiger partial charge in [0.1, 0.15) is 0 Å². The van der Waals surface area contributed by atoms with Crippen LogP contribution in [0.2, 0.25) is 0 Å². The third kappa shape index (κ3) is 4.35. The third-order valence-electron chi connectivity index (χ3n) is 3.68. The zero-order valence-corrected chi connectivity index (χ0v) is 13.5. The maximum atomic E-state index is 12.0. The predicted octanol–water partition coefficient (Wildman–Crippen LogP) is 2.84. The highest BCUT2D eigenvalue weighted by Gasteiger charge is 2.06. The van der Waals surface area contributed by atoms with Crippen LogP contribution in [0.5, 0.6) is 0 Å². The maximum Gasteiger partial charge on any atom is 0.224 e. The first kappa shape index (κ1) is 16.1. The minimum atomic E-state index is 0.0273. The van der Waals surface area contributed by atoms with E-state index in [2.05, 4.69) is 29.2 Å². The first-order valence-corrected chi connectivity index (χ1v) is 7.74. The van der Waals surface area contributed by atoms with E-state index in [1.54, 1.807) is 10.9 Å². The van der Waals surface area contributed by atoms with Crippen LogP contribution in [0.15, 0.2) is 36.7 Å². The van der Waals surface area contributed by atoms with E-state index in [0.717, 1.165) is 24.3 Å². The monoisotopic (exact) mass is 300 g/mol. The summed E-state index contributed by atoms with van der Waals surface area (Å²) in [6, 6.07) is 8.00. The molecule has 0 aliphatic rings. The van der Waals surface area contributed by atoms with Crippen molar-refractivity contribution in [3.05, 3.63) is 42.2 Å². The molecule has 0 fully saturated rings. The molecule has 22 heavy (non-hydrogen) atoms. The molecule has 0 saturated heterocycles. The number of aryl methyl sites for hydroxylation is 2. The van der Waals surface area contributed by atoms with Crippen molar-refractivity contribution in [3.63, 3.8) is 0 Å². The second kappa shape index (κ2) is 7.64. The molecule has 0 bridgehead atoms. The lowest BCUT2D eigenvalue weighted by molar-refractivity contribution is -0.116. The quantitative estimate of drug-likeness (QED) is 0.855. The Morgan fingerprint density at radius 2 is 1.91 bits per heavy atom. The molecule has 0 unspecified atom stereocenters. The maximum absolute atomic E-state index is 12.0. The number of carbonyl (C=O) groups is 1. The Bertz CT molecular complexity index is 599. The van der Waals surface area contributed by atoms with Crippen molar-refractivity contribution < 1.29 is 4.79 Å². The Morgan fingerprint density at radius 3 is 2.45 bits per heavy atom. The molecule has 5 heteroatoms. The molecule has 0 aliphatic carbocycles. The van der Waals surface area contributed by atoms with Crippen molar-refractivity contribution in [1.29, 1.82) is 0 Å². The van der Waals surface area contributed by atoms with Gasteiger partial charge < -0.3 is 10.2 Å². The van der Waals surface area contributed by atoms with Crippen molar-refractivity contribution >= 4 is 17.3 Å². The highest BCUT2D eigenvalue weighted by atomic mass is 16.1. The van der Waals surface area contributed by atoms with Crippen molar-refractivity contribution in [2.24, 2.45) is 7.05 Å². The van der Waals surface area contributed by atoms with Crippen LogP contribution in [0.3, 0.4) is 0 Å². The van der Waals surface area contributed by atoms with Gasteiger partial charge in [0, 0.05) is 44.1 Å². The van der Waals surface area contributed by atoms with Crippen molar-refractivity contribution in [2.75, 3.05) is 23.3 Å². The van der Waals surface area contributed by atoms with Crippen LogP contribution in [-0.2, 0) is 18.3 Å². The first-order valence-electron chi connectivity index (χ1n) is 7.74. The first-order chi connectivity index (χ1) is 10.6. The van der Waals surface area contributed by atoms with Gasteiger partial charge in [-0.2, -0.15) is 5.10 Å². The van der Waals surface area contributed by atoms with Crippen molar-refractivity contribution in [3.8, 4) is 0 Å². The smallest absolute Gasteiger partial charge is 0.224 e. The van der Waals surface area contributed by atoms with E-state index < -0.39 is 0 Å². The molecule has 0 radical (unpaired) electrons. The minimum Gasteiger partial charge on any atom is -0.372 e. The lowest BCUT2D eigenvalue weighted by atomic mass is 10.2. The minimum absolute atomic E-state index is 0.0273. The number of anilines is 2. The molecular formula is C17H24N4O. The second-order valence-corrected chi connectivity index (χ2v) is 5.29. The van der Waals surface area contributed by atoms with Gasteiger partial charge in [0.15, 0.2) is 0 Å². The molecule has 0 saturated carbocycles. The summed E-state index contributed by atoms with van der Waals surface area (Å²) in [7, 11) is 1.88. The number of rotatable bonds is 7. The zero-order chi connectivity index (χ0) is 15.9. The lowest BCUT2D eigenvalue weighted by Crippen LogP contribution is -2.21. The fourth-order valence-electron chi connectivity index (χ4n) is 2.43. The fourth-order valence-corrected chi connectivity index (χ4v) is 2.43. The summed E-state index contributed by atoms with van der Waals surface area (Å²) in [5.41, 5.74) is 3.10. The number of nitrogens with one attached hydrogen (secondary N) is 1. The number of amides is 1. The fraction of sp³-hybridized carbons (Fsp3) is 0.412. The van der Waals surface area contributed by atoms with Crippen LogP contribution in [-0.4, -0.2) is 28.8 Å². The van der Waals surface area contributed by atoms with Gasteiger partial charge >= 0.3 is 0 Å². The summed E-state index contributed by atoms with van der Waals surface area (Å²) in [6.07, 6.45) is 4.90. The number of nitrogens with zero attached hydrogens (tertiary/aromatic N) is 3.